The lowest BCUT2D eigenvalue weighted by Crippen LogP contribution is -2.32. The number of nitrogens with zero attached hydrogens (tertiary/aromatic N) is 1. The van der Waals surface area contributed by atoms with Crippen LogP contribution in [0.5, 0.6) is 0 Å². The summed E-state index contributed by atoms with van der Waals surface area (Å²) in [6, 6.07) is 7.11. The minimum absolute atomic E-state index is 0.0290. The minimum atomic E-state index is -3.74. The molecule has 2 aromatic rings. The maximum Gasteiger partial charge on any atom is 0.274 e. The van der Waals surface area contributed by atoms with E-state index in [1.807, 2.05) is 0 Å². The molecule has 1 aromatic carbocycles. The highest BCUT2D eigenvalue weighted by Crippen LogP contribution is 2.24. The zero-order valence-electron chi connectivity index (χ0n) is 9.41. The van der Waals surface area contributed by atoms with Crippen LogP contribution in [0.25, 0.3) is 11.0 Å². The smallest absolute Gasteiger partial charge is 0.274 e. The number of benzene rings is 1. The second-order valence-corrected chi connectivity index (χ2v) is 5.19. The first-order valence-electron chi connectivity index (χ1n) is 5.27. The van der Waals surface area contributed by atoms with E-state index in [2.05, 4.69) is 9.88 Å². The van der Waals surface area contributed by atoms with Crippen LogP contribution in [0, 0.1) is 0 Å². The Morgan fingerprint density at radius 3 is 2.89 bits per heavy atom. The van der Waals surface area contributed by atoms with Crippen LogP contribution < -0.4 is 9.86 Å². The number of rotatable bonds is 5. The fourth-order valence-corrected chi connectivity index (χ4v) is 2.02. The molecule has 1 heterocycles. The van der Waals surface area contributed by atoms with Crippen molar-refractivity contribution in [3.8, 4) is 0 Å². The number of aromatic nitrogens is 1. The lowest BCUT2D eigenvalue weighted by molar-refractivity contribution is 0.160. The van der Waals surface area contributed by atoms with Gasteiger partial charge in [0.2, 0.25) is 0 Å². The van der Waals surface area contributed by atoms with Gasteiger partial charge in [0.1, 0.15) is 11.8 Å². The van der Waals surface area contributed by atoms with E-state index in [1.165, 1.54) is 0 Å². The molecule has 0 aliphatic carbocycles. The number of aliphatic hydroxyl groups is 1. The van der Waals surface area contributed by atoms with Crippen molar-refractivity contribution >= 4 is 21.2 Å². The number of para-hydroxylation sites is 1. The Balaban J connectivity index is 2.07. The number of hydrogen-bond acceptors (Lipinski definition) is 5. The Morgan fingerprint density at radius 2 is 2.17 bits per heavy atom. The van der Waals surface area contributed by atoms with E-state index >= 15 is 0 Å². The number of nitrogens with one attached hydrogen (secondary N) is 1. The molecule has 0 saturated carbocycles. The minimum Gasteiger partial charge on any atom is -0.387 e. The second kappa shape index (κ2) is 5.02. The van der Waals surface area contributed by atoms with Crippen LogP contribution in [-0.2, 0) is 10.2 Å². The van der Waals surface area contributed by atoms with Gasteiger partial charge in [-0.25, -0.2) is 9.86 Å². The lowest BCUT2D eigenvalue weighted by Gasteiger charge is -2.07. The number of aliphatic hydroxyl groups excluding tert-OH is 1. The molecule has 0 aliphatic heterocycles. The molecule has 1 atom stereocenters. The normalized spacial score (nSPS) is 13.9. The monoisotopic (exact) mass is 271 g/mol. The van der Waals surface area contributed by atoms with Gasteiger partial charge in [-0.2, -0.15) is 8.42 Å². The highest BCUT2D eigenvalue weighted by atomic mass is 32.2. The van der Waals surface area contributed by atoms with Crippen LogP contribution in [-0.4, -0.2) is 25.2 Å². The number of nitrogens with two attached hydrogens (primary N) is 1. The molecule has 98 valence electrons. The van der Waals surface area contributed by atoms with Crippen molar-refractivity contribution in [2.24, 2.45) is 5.14 Å². The van der Waals surface area contributed by atoms with E-state index in [1.54, 1.807) is 24.3 Å². The standard InChI is InChI=1S/C10H13N3O4S/c11-18(15,16)12-6-5-8(14)10-7-3-1-2-4-9(7)17-13-10/h1-4,8,12,14H,5-6H2,(H2,11,15,16). The zero-order valence-corrected chi connectivity index (χ0v) is 10.2. The quantitative estimate of drug-likeness (QED) is 0.709. The summed E-state index contributed by atoms with van der Waals surface area (Å²) >= 11 is 0. The van der Waals surface area contributed by atoms with Gasteiger partial charge >= 0.3 is 0 Å². The maximum atomic E-state index is 10.7. The first-order chi connectivity index (χ1) is 8.47. The molecule has 1 aromatic heterocycles. The Bertz CT molecular complexity index is 637. The molecule has 8 heteroatoms. The molecule has 0 amide bonds. The molecular formula is C10H13N3O4S. The highest BCUT2D eigenvalue weighted by molar-refractivity contribution is 7.87. The van der Waals surface area contributed by atoms with Crippen molar-refractivity contribution in [3.05, 3.63) is 30.0 Å². The van der Waals surface area contributed by atoms with Gasteiger partial charge in [0.25, 0.3) is 10.2 Å². The first-order valence-corrected chi connectivity index (χ1v) is 6.82. The highest BCUT2D eigenvalue weighted by Gasteiger charge is 2.16. The summed E-state index contributed by atoms with van der Waals surface area (Å²) in [7, 11) is -3.74. The molecule has 4 N–H and O–H groups in total. The summed E-state index contributed by atoms with van der Waals surface area (Å²) in [6.45, 7) is 0.0290. The van der Waals surface area contributed by atoms with Gasteiger partial charge in [-0.3, -0.25) is 0 Å². The molecular weight excluding hydrogens is 258 g/mol. The van der Waals surface area contributed by atoms with Gasteiger partial charge in [-0.05, 0) is 18.6 Å². The van der Waals surface area contributed by atoms with Gasteiger partial charge < -0.3 is 9.63 Å². The van der Waals surface area contributed by atoms with Gasteiger partial charge in [0, 0.05) is 11.9 Å². The van der Waals surface area contributed by atoms with E-state index in [9.17, 15) is 13.5 Å². The largest absolute Gasteiger partial charge is 0.387 e. The topological polar surface area (TPSA) is 118 Å². The Hall–Kier alpha value is -1.48. The summed E-state index contributed by atoms with van der Waals surface area (Å²) in [5.41, 5.74) is 0.966. The van der Waals surface area contributed by atoms with Crippen molar-refractivity contribution < 1.29 is 18.0 Å². The van der Waals surface area contributed by atoms with E-state index in [0.717, 1.165) is 0 Å². The van der Waals surface area contributed by atoms with E-state index in [0.29, 0.717) is 16.7 Å². The summed E-state index contributed by atoms with van der Waals surface area (Å²) in [5.74, 6) is 0. The van der Waals surface area contributed by atoms with Gasteiger partial charge in [-0.1, -0.05) is 17.3 Å². The lowest BCUT2D eigenvalue weighted by atomic mass is 10.1. The van der Waals surface area contributed by atoms with E-state index in [4.69, 9.17) is 9.66 Å². The van der Waals surface area contributed by atoms with Gasteiger partial charge in [-0.15, -0.1) is 0 Å². The van der Waals surface area contributed by atoms with Crippen LogP contribution in [0.2, 0.25) is 0 Å². The summed E-state index contributed by atoms with van der Waals surface area (Å²) in [6.07, 6.45) is -0.754. The summed E-state index contributed by atoms with van der Waals surface area (Å²) in [5, 5.41) is 19.2. The molecule has 18 heavy (non-hydrogen) atoms. The number of hydrogen-bond donors (Lipinski definition) is 3. The third-order valence-electron chi connectivity index (χ3n) is 2.44. The van der Waals surface area contributed by atoms with Crippen LogP contribution in [0.1, 0.15) is 18.2 Å². The third-order valence-corrected chi connectivity index (χ3v) is 3.05. The van der Waals surface area contributed by atoms with Crippen molar-refractivity contribution in [2.45, 2.75) is 12.5 Å². The van der Waals surface area contributed by atoms with Gasteiger partial charge in [0.05, 0.1) is 0 Å². The Labute approximate surface area is 104 Å². The van der Waals surface area contributed by atoms with Gasteiger partial charge in [0.15, 0.2) is 5.58 Å². The Kier molecular flexibility index (Phi) is 3.62. The molecule has 0 spiro atoms. The predicted octanol–water partition coefficient (Wildman–Crippen LogP) is 0.0444. The molecule has 1 unspecified atom stereocenters. The fraction of sp³-hybridized carbons (Fsp3) is 0.300. The average Bonchev–Trinajstić information content (AvgIpc) is 2.70. The van der Waals surface area contributed by atoms with E-state index in [-0.39, 0.29) is 13.0 Å². The van der Waals surface area contributed by atoms with Crippen molar-refractivity contribution in [1.82, 2.24) is 9.88 Å². The predicted molar refractivity (Wildman–Crippen MR) is 64.7 cm³/mol. The molecule has 0 aliphatic rings. The fourth-order valence-electron chi connectivity index (χ4n) is 1.62. The van der Waals surface area contributed by atoms with Crippen molar-refractivity contribution in [1.29, 1.82) is 0 Å². The third kappa shape index (κ3) is 3.05. The summed E-state index contributed by atoms with van der Waals surface area (Å²) < 4.78 is 28.5. The van der Waals surface area contributed by atoms with Crippen LogP contribution in [0.3, 0.4) is 0 Å². The van der Waals surface area contributed by atoms with E-state index < -0.39 is 16.3 Å². The molecule has 2 rings (SSSR count). The summed E-state index contributed by atoms with van der Waals surface area (Å²) in [4.78, 5) is 0. The second-order valence-electron chi connectivity index (χ2n) is 3.81. The van der Waals surface area contributed by atoms with Crippen molar-refractivity contribution in [3.63, 3.8) is 0 Å². The molecule has 0 saturated heterocycles. The molecule has 0 fully saturated rings. The average molecular weight is 271 g/mol. The van der Waals surface area contributed by atoms with Crippen LogP contribution >= 0.6 is 0 Å². The van der Waals surface area contributed by atoms with Crippen LogP contribution in [0.15, 0.2) is 28.8 Å². The van der Waals surface area contributed by atoms with Crippen LogP contribution in [0.4, 0.5) is 0 Å². The first kappa shape index (κ1) is 13.0. The SMILES string of the molecule is NS(=O)(=O)NCCC(O)c1noc2ccccc12. The molecule has 7 nitrogen and oxygen atoms in total. The zero-order chi connectivity index (χ0) is 13.2. The van der Waals surface area contributed by atoms with Crippen molar-refractivity contribution in [2.75, 3.05) is 6.54 Å². The Morgan fingerprint density at radius 1 is 1.44 bits per heavy atom. The number of fused-ring (bicyclic) bond motifs is 1. The molecule has 0 bridgehead atoms. The maximum absolute atomic E-state index is 10.7. The molecule has 0 radical (unpaired) electrons.